The lowest BCUT2D eigenvalue weighted by Gasteiger charge is -2.25. The molecule has 3 rings (SSSR count). The van der Waals surface area contributed by atoms with Crippen molar-refractivity contribution in [2.24, 2.45) is 0 Å². The summed E-state index contributed by atoms with van der Waals surface area (Å²) in [6, 6.07) is 11.4. The molecule has 0 radical (unpaired) electrons. The Hall–Kier alpha value is -2.73. The lowest BCUT2D eigenvalue weighted by molar-refractivity contribution is -0.123. The monoisotopic (exact) mass is 328 g/mol. The molecule has 1 aliphatic rings. The van der Waals surface area contributed by atoms with Crippen molar-refractivity contribution in [3.8, 4) is 0 Å². The number of anilines is 2. The first-order valence-corrected chi connectivity index (χ1v) is 7.55. The molecule has 124 valence electrons. The van der Waals surface area contributed by atoms with Gasteiger partial charge in [0.1, 0.15) is 5.82 Å². The van der Waals surface area contributed by atoms with Crippen LogP contribution in [0.1, 0.15) is 23.5 Å². The SMILES string of the molecule is COCc1ccccc1NC(=O)C1CC(=O)Nc2cc(F)ccc21. The minimum Gasteiger partial charge on any atom is -0.380 e. The molecule has 0 bridgehead atoms. The molecule has 1 aliphatic heterocycles. The highest BCUT2D eigenvalue weighted by molar-refractivity contribution is 6.05. The van der Waals surface area contributed by atoms with E-state index in [4.69, 9.17) is 4.74 Å². The Morgan fingerprint density at radius 2 is 2.12 bits per heavy atom. The Morgan fingerprint density at radius 3 is 2.92 bits per heavy atom. The molecule has 2 amide bonds. The number of amides is 2. The maximum atomic E-state index is 13.4. The third-order valence-corrected chi connectivity index (χ3v) is 3.95. The lowest BCUT2D eigenvalue weighted by Crippen LogP contribution is -2.31. The second kappa shape index (κ2) is 6.80. The molecule has 0 saturated heterocycles. The predicted molar refractivity (Wildman–Crippen MR) is 88.2 cm³/mol. The van der Waals surface area contributed by atoms with Gasteiger partial charge in [-0.1, -0.05) is 24.3 Å². The number of para-hydroxylation sites is 1. The van der Waals surface area contributed by atoms with E-state index in [0.29, 0.717) is 23.5 Å². The van der Waals surface area contributed by atoms with E-state index in [0.717, 1.165) is 5.56 Å². The number of nitrogens with one attached hydrogen (secondary N) is 2. The van der Waals surface area contributed by atoms with Crippen LogP contribution in [-0.4, -0.2) is 18.9 Å². The van der Waals surface area contributed by atoms with Crippen LogP contribution in [-0.2, 0) is 20.9 Å². The molecular formula is C18H17FN2O3. The third-order valence-electron chi connectivity index (χ3n) is 3.95. The first-order chi connectivity index (χ1) is 11.6. The zero-order chi connectivity index (χ0) is 17.1. The van der Waals surface area contributed by atoms with Gasteiger partial charge in [0.2, 0.25) is 11.8 Å². The van der Waals surface area contributed by atoms with Crippen molar-refractivity contribution in [2.75, 3.05) is 17.7 Å². The van der Waals surface area contributed by atoms with Crippen molar-refractivity contribution in [2.45, 2.75) is 18.9 Å². The number of ether oxygens (including phenoxy) is 1. The van der Waals surface area contributed by atoms with Crippen molar-refractivity contribution < 1.29 is 18.7 Å². The Kier molecular flexibility index (Phi) is 4.57. The standard InChI is InChI=1S/C18H17FN2O3/c1-24-10-11-4-2-3-5-15(11)21-18(23)14-9-17(22)20-16-8-12(19)6-7-13(14)16/h2-8,14H,9-10H2,1H3,(H,20,22)(H,21,23). The van der Waals surface area contributed by atoms with E-state index in [2.05, 4.69) is 10.6 Å². The minimum atomic E-state index is -0.662. The quantitative estimate of drug-likeness (QED) is 0.906. The van der Waals surface area contributed by atoms with Crippen molar-refractivity contribution in [1.82, 2.24) is 0 Å². The normalized spacial score (nSPS) is 16.2. The molecule has 1 heterocycles. The van der Waals surface area contributed by atoms with E-state index >= 15 is 0 Å². The van der Waals surface area contributed by atoms with Crippen LogP contribution in [0.25, 0.3) is 0 Å². The van der Waals surface area contributed by atoms with E-state index in [1.165, 1.54) is 18.2 Å². The van der Waals surface area contributed by atoms with Gasteiger partial charge in [-0.15, -0.1) is 0 Å². The summed E-state index contributed by atoms with van der Waals surface area (Å²) < 4.78 is 18.5. The van der Waals surface area contributed by atoms with Gasteiger partial charge < -0.3 is 15.4 Å². The summed E-state index contributed by atoms with van der Waals surface area (Å²) in [7, 11) is 1.58. The molecule has 1 atom stereocenters. The summed E-state index contributed by atoms with van der Waals surface area (Å²) >= 11 is 0. The van der Waals surface area contributed by atoms with E-state index in [-0.39, 0.29) is 18.2 Å². The second-order valence-corrected chi connectivity index (χ2v) is 5.62. The molecule has 2 N–H and O–H groups in total. The molecule has 24 heavy (non-hydrogen) atoms. The molecular weight excluding hydrogens is 311 g/mol. The lowest BCUT2D eigenvalue weighted by atomic mass is 9.89. The van der Waals surface area contributed by atoms with Gasteiger partial charge in [-0.2, -0.15) is 0 Å². The van der Waals surface area contributed by atoms with Crippen LogP contribution >= 0.6 is 0 Å². The molecule has 2 aromatic carbocycles. The number of halogens is 1. The number of hydrogen-bond donors (Lipinski definition) is 2. The topological polar surface area (TPSA) is 67.4 Å². The average Bonchev–Trinajstić information content (AvgIpc) is 2.55. The molecule has 0 aliphatic carbocycles. The van der Waals surface area contributed by atoms with Crippen LogP contribution in [0, 0.1) is 5.82 Å². The minimum absolute atomic E-state index is 0.0247. The van der Waals surface area contributed by atoms with Crippen molar-refractivity contribution in [3.05, 3.63) is 59.4 Å². The van der Waals surface area contributed by atoms with E-state index in [9.17, 15) is 14.0 Å². The zero-order valence-corrected chi connectivity index (χ0v) is 13.1. The molecule has 0 fully saturated rings. The number of hydrogen-bond acceptors (Lipinski definition) is 3. The van der Waals surface area contributed by atoms with Crippen molar-refractivity contribution in [3.63, 3.8) is 0 Å². The summed E-state index contributed by atoms with van der Waals surface area (Å²) in [5.41, 5.74) is 2.43. The summed E-state index contributed by atoms with van der Waals surface area (Å²) in [6.45, 7) is 0.364. The number of methoxy groups -OCH3 is 1. The average molecular weight is 328 g/mol. The van der Waals surface area contributed by atoms with Gasteiger partial charge in [0, 0.05) is 30.5 Å². The molecule has 0 spiro atoms. The van der Waals surface area contributed by atoms with Gasteiger partial charge in [0.25, 0.3) is 0 Å². The van der Waals surface area contributed by atoms with Crippen LogP contribution in [0.3, 0.4) is 0 Å². The molecule has 2 aromatic rings. The summed E-state index contributed by atoms with van der Waals surface area (Å²) in [5.74, 6) is -1.73. The number of carbonyl (C=O) groups excluding carboxylic acids is 2. The first-order valence-electron chi connectivity index (χ1n) is 7.55. The maximum absolute atomic E-state index is 13.4. The fourth-order valence-electron chi connectivity index (χ4n) is 2.81. The highest BCUT2D eigenvalue weighted by Gasteiger charge is 2.31. The Labute approximate surface area is 138 Å². The van der Waals surface area contributed by atoms with Crippen molar-refractivity contribution in [1.29, 1.82) is 0 Å². The fraction of sp³-hybridized carbons (Fsp3) is 0.222. The van der Waals surface area contributed by atoms with Gasteiger partial charge in [-0.25, -0.2) is 4.39 Å². The maximum Gasteiger partial charge on any atom is 0.232 e. The molecule has 5 nitrogen and oxygen atoms in total. The van der Waals surface area contributed by atoms with Crippen LogP contribution in [0.5, 0.6) is 0 Å². The Morgan fingerprint density at radius 1 is 1.33 bits per heavy atom. The first kappa shape index (κ1) is 16.1. The van der Waals surface area contributed by atoms with E-state index in [1.54, 1.807) is 13.2 Å². The summed E-state index contributed by atoms with van der Waals surface area (Å²) in [4.78, 5) is 24.5. The summed E-state index contributed by atoms with van der Waals surface area (Å²) in [6.07, 6.45) is 0.0247. The van der Waals surface area contributed by atoms with Gasteiger partial charge in [0.15, 0.2) is 0 Å². The summed E-state index contributed by atoms with van der Waals surface area (Å²) in [5, 5.41) is 5.45. The highest BCUT2D eigenvalue weighted by Crippen LogP contribution is 2.33. The van der Waals surface area contributed by atoms with Crippen LogP contribution in [0.4, 0.5) is 15.8 Å². The van der Waals surface area contributed by atoms with Crippen LogP contribution < -0.4 is 10.6 Å². The fourth-order valence-corrected chi connectivity index (χ4v) is 2.81. The van der Waals surface area contributed by atoms with Crippen LogP contribution in [0.2, 0.25) is 0 Å². The van der Waals surface area contributed by atoms with Gasteiger partial charge >= 0.3 is 0 Å². The van der Waals surface area contributed by atoms with E-state index < -0.39 is 11.7 Å². The smallest absolute Gasteiger partial charge is 0.232 e. The highest BCUT2D eigenvalue weighted by atomic mass is 19.1. The van der Waals surface area contributed by atoms with E-state index in [1.807, 2.05) is 18.2 Å². The number of rotatable bonds is 4. The van der Waals surface area contributed by atoms with Gasteiger partial charge in [-0.3, -0.25) is 9.59 Å². The van der Waals surface area contributed by atoms with Crippen molar-refractivity contribution >= 4 is 23.2 Å². The molecule has 6 heteroatoms. The van der Waals surface area contributed by atoms with Crippen LogP contribution in [0.15, 0.2) is 42.5 Å². The number of carbonyl (C=O) groups is 2. The van der Waals surface area contributed by atoms with Gasteiger partial charge in [-0.05, 0) is 23.8 Å². The largest absolute Gasteiger partial charge is 0.380 e. The Bertz CT molecular complexity index is 792. The second-order valence-electron chi connectivity index (χ2n) is 5.62. The number of benzene rings is 2. The molecule has 0 aromatic heterocycles. The number of fused-ring (bicyclic) bond motifs is 1. The molecule has 0 saturated carbocycles. The Balaban J connectivity index is 1.87. The van der Waals surface area contributed by atoms with Gasteiger partial charge in [0.05, 0.1) is 12.5 Å². The predicted octanol–water partition coefficient (Wildman–Crippen LogP) is 3.04. The molecule has 1 unspecified atom stereocenters. The third kappa shape index (κ3) is 3.28. The zero-order valence-electron chi connectivity index (χ0n) is 13.1.